The third kappa shape index (κ3) is 0.691. The highest BCUT2D eigenvalue weighted by Crippen LogP contribution is 2.23. The maximum Gasteiger partial charge on any atom is 0.281 e. The summed E-state index contributed by atoms with van der Waals surface area (Å²) in [4.78, 5) is 21.4. The van der Waals surface area contributed by atoms with Gasteiger partial charge in [-0.15, -0.1) is 0 Å². The molecular weight excluding hydrogens is 154 g/mol. The molecule has 6 heteroatoms. The monoisotopic (exact) mass is 159 g/mol. The van der Waals surface area contributed by atoms with E-state index in [0.29, 0.717) is 0 Å². The van der Waals surface area contributed by atoms with Gasteiger partial charge < -0.3 is 5.32 Å². The zero-order valence-corrected chi connectivity index (χ0v) is 5.70. The third-order valence-electron chi connectivity index (χ3n) is 1.42. The number of hydrogen-bond acceptors (Lipinski definition) is 4. The molecule has 2 rings (SSSR count). The van der Waals surface area contributed by atoms with Gasteiger partial charge in [-0.05, 0) is 11.8 Å². The first-order valence-electron chi connectivity index (χ1n) is 2.80. The second-order valence-corrected chi connectivity index (χ2v) is 3.20. The Kier molecular flexibility index (Phi) is 1.12. The van der Waals surface area contributed by atoms with Crippen molar-refractivity contribution in [2.75, 3.05) is 0 Å². The van der Waals surface area contributed by atoms with E-state index in [0.717, 1.165) is 11.8 Å². The average molecular weight is 159 g/mol. The summed E-state index contributed by atoms with van der Waals surface area (Å²) in [5, 5.41) is 2.15. The van der Waals surface area contributed by atoms with Crippen LogP contribution in [0, 0.1) is 0 Å². The van der Waals surface area contributed by atoms with Crippen LogP contribution in [0.3, 0.4) is 0 Å². The van der Waals surface area contributed by atoms with Crippen LogP contribution in [0.25, 0.3) is 0 Å². The summed E-state index contributed by atoms with van der Waals surface area (Å²) in [5.41, 5.74) is 5.06. The quantitative estimate of drug-likeness (QED) is 0.414. The van der Waals surface area contributed by atoms with Crippen LogP contribution in [0.5, 0.6) is 0 Å². The standard InChI is InChI=1S/C4H5N3O2S/c8-3-1-2(6-7-3)5-4(9)10-1/h1-2,6H,(H,5,9)(H,7,8). The zero-order chi connectivity index (χ0) is 7.14. The van der Waals surface area contributed by atoms with Gasteiger partial charge in [0.15, 0.2) is 0 Å². The number of carbonyl (C=O) groups excluding carboxylic acids is 2. The van der Waals surface area contributed by atoms with Gasteiger partial charge >= 0.3 is 0 Å². The van der Waals surface area contributed by atoms with E-state index >= 15 is 0 Å². The highest BCUT2D eigenvalue weighted by Gasteiger charge is 2.43. The number of nitrogens with one attached hydrogen (secondary N) is 3. The maximum absolute atomic E-state index is 10.8. The molecule has 0 bridgehead atoms. The fourth-order valence-electron chi connectivity index (χ4n) is 0.957. The molecule has 0 aliphatic carbocycles. The normalized spacial score (nSPS) is 37.2. The highest BCUT2D eigenvalue weighted by atomic mass is 32.2. The van der Waals surface area contributed by atoms with E-state index < -0.39 is 0 Å². The van der Waals surface area contributed by atoms with Crippen LogP contribution in [0.1, 0.15) is 0 Å². The number of fused-ring (bicyclic) bond motifs is 1. The fourth-order valence-corrected chi connectivity index (χ4v) is 1.82. The predicted octanol–water partition coefficient (Wildman–Crippen LogP) is -1.23. The summed E-state index contributed by atoms with van der Waals surface area (Å²) in [5.74, 6) is -0.131. The lowest BCUT2D eigenvalue weighted by atomic mass is 10.3. The van der Waals surface area contributed by atoms with Gasteiger partial charge in [-0.1, -0.05) is 0 Å². The molecule has 54 valence electrons. The number of rotatable bonds is 0. The number of amides is 2. The zero-order valence-electron chi connectivity index (χ0n) is 4.88. The van der Waals surface area contributed by atoms with Crippen molar-refractivity contribution in [1.82, 2.24) is 16.2 Å². The first-order chi connectivity index (χ1) is 4.77. The van der Waals surface area contributed by atoms with Gasteiger partial charge in [0.25, 0.3) is 11.1 Å². The predicted molar refractivity (Wildman–Crippen MR) is 35.0 cm³/mol. The highest BCUT2D eigenvalue weighted by molar-refractivity contribution is 8.15. The molecule has 0 spiro atoms. The first kappa shape index (κ1) is 5.99. The molecule has 10 heavy (non-hydrogen) atoms. The van der Waals surface area contributed by atoms with Crippen LogP contribution in [-0.2, 0) is 4.79 Å². The molecule has 0 aromatic rings. The lowest BCUT2D eigenvalue weighted by molar-refractivity contribution is -0.119. The third-order valence-corrected chi connectivity index (χ3v) is 2.49. The van der Waals surface area contributed by atoms with Crippen molar-refractivity contribution in [1.29, 1.82) is 0 Å². The van der Waals surface area contributed by atoms with E-state index in [1.165, 1.54) is 0 Å². The molecule has 0 aromatic carbocycles. The van der Waals surface area contributed by atoms with Crippen LogP contribution < -0.4 is 16.2 Å². The Balaban J connectivity index is 2.19. The van der Waals surface area contributed by atoms with Gasteiger partial charge in [-0.2, -0.15) is 0 Å². The minimum absolute atomic E-state index is 0.131. The Labute approximate surface area is 60.9 Å². The van der Waals surface area contributed by atoms with Crippen molar-refractivity contribution >= 4 is 22.9 Å². The molecule has 2 amide bonds. The summed E-state index contributed by atoms with van der Waals surface area (Å²) >= 11 is 1.02. The van der Waals surface area contributed by atoms with Gasteiger partial charge in [0.05, 0.1) is 0 Å². The van der Waals surface area contributed by atoms with E-state index in [2.05, 4.69) is 16.2 Å². The van der Waals surface area contributed by atoms with E-state index in [4.69, 9.17) is 0 Å². The molecule has 3 N–H and O–H groups in total. The topological polar surface area (TPSA) is 70.2 Å². The SMILES string of the molecule is O=C1NC2NNC(=O)C2S1. The summed E-state index contributed by atoms with van der Waals surface area (Å²) in [7, 11) is 0. The Morgan fingerprint density at radius 1 is 1.40 bits per heavy atom. The Morgan fingerprint density at radius 2 is 2.20 bits per heavy atom. The van der Waals surface area contributed by atoms with Crippen molar-refractivity contribution in [3.8, 4) is 0 Å². The van der Waals surface area contributed by atoms with Crippen molar-refractivity contribution in [3.05, 3.63) is 0 Å². The van der Waals surface area contributed by atoms with Gasteiger partial charge in [-0.3, -0.25) is 15.0 Å². The second-order valence-electron chi connectivity index (χ2n) is 2.08. The van der Waals surface area contributed by atoms with E-state index in [9.17, 15) is 9.59 Å². The molecule has 2 saturated heterocycles. The molecule has 2 fully saturated rings. The summed E-state index contributed by atoms with van der Waals surface area (Å²) < 4.78 is 0. The van der Waals surface area contributed by atoms with Crippen LogP contribution in [-0.4, -0.2) is 22.6 Å². The van der Waals surface area contributed by atoms with Crippen LogP contribution >= 0.6 is 11.8 Å². The molecule has 0 radical (unpaired) electrons. The number of hydrogen-bond donors (Lipinski definition) is 3. The molecule has 2 heterocycles. The number of carbonyl (C=O) groups is 2. The smallest absolute Gasteiger partial charge is 0.281 e. The average Bonchev–Trinajstić information content (AvgIpc) is 2.35. The lowest BCUT2D eigenvalue weighted by Crippen LogP contribution is -2.41. The molecule has 5 nitrogen and oxygen atoms in total. The molecule has 2 aliphatic rings. The Morgan fingerprint density at radius 3 is 2.90 bits per heavy atom. The van der Waals surface area contributed by atoms with Gasteiger partial charge in [0.2, 0.25) is 0 Å². The van der Waals surface area contributed by atoms with Crippen LogP contribution in [0.2, 0.25) is 0 Å². The largest absolute Gasteiger partial charge is 0.328 e. The molecule has 0 aromatic heterocycles. The van der Waals surface area contributed by atoms with E-state index in [1.54, 1.807) is 0 Å². The summed E-state index contributed by atoms with van der Waals surface area (Å²) in [6.45, 7) is 0. The minimum Gasteiger partial charge on any atom is -0.328 e. The maximum atomic E-state index is 10.8. The summed E-state index contributed by atoms with van der Waals surface area (Å²) in [6.07, 6.45) is -0.218. The lowest BCUT2D eigenvalue weighted by Gasteiger charge is -2.01. The number of thioether (sulfide) groups is 1. The van der Waals surface area contributed by atoms with Crippen molar-refractivity contribution in [2.24, 2.45) is 0 Å². The number of hydrazine groups is 1. The Hall–Kier alpha value is -0.750. The summed E-state index contributed by atoms with van der Waals surface area (Å²) in [6, 6.07) is 0. The second kappa shape index (κ2) is 1.86. The molecule has 2 unspecified atom stereocenters. The minimum atomic E-state index is -0.285. The first-order valence-corrected chi connectivity index (χ1v) is 3.68. The van der Waals surface area contributed by atoms with Gasteiger partial charge in [0, 0.05) is 0 Å². The Bertz CT molecular complexity index is 207. The van der Waals surface area contributed by atoms with Crippen LogP contribution in [0.15, 0.2) is 0 Å². The molecule has 2 atom stereocenters. The van der Waals surface area contributed by atoms with Crippen molar-refractivity contribution in [3.63, 3.8) is 0 Å². The fraction of sp³-hybridized carbons (Fsp3) is 0.500. The van der Waals surface area contributed by atoms with Crippen molar-refractivity contribution in [2.45, 2.75) is 11.4 Å². The van der Waals surface area contributed by atoms with Crippen LogP contribution in [0.4, 0.5) is 4.79 Å². The van der Waals surface area contributed by atoms with Crippen molar-refractivity contribution < 1.29 is 9.59 Å². The van der Waals surface area contributed by atoms with Gasteiger partial charge in [0.1, 0.15) is 11.4 Å². The van der Waals surface area contributed by atoms with E-state index in [-0.39, 0.29) is 22.6 Å². The van der Waals surface area contributed by atoms with E-state index in [1.807, 2.05) is 0 Å². The molecular formula is C4H5N3O2S. The molecule has 2 aliphatic heterocycles. The molecule has 0 saturated carbocycles. The van der Waals surface area contributed by atoms with Gasteiger partial charge in [-0.25, -0.2) is 5.43 Å².